The highest BCUT2D eigenvalue weighted by Gasteiger charge is 2.67. The van der Waals surface area contributed by atoms with Crippen LogP contribution >= 0.6 is 0 Å². The van der Waals surface area contributed by atoms with Gasteiger partial charge in [-0.05, 0) is 68.1 Å². The zero-order valence-electron chi connectivity index (χ0n) is 34.8. The van der Waals surface area contributed by atoms with Crippen LogP contribution < -0.4 is 0 Å². The predicted octanol–water partition coefficient (Wildman–Crippen LogP) is 2.05. The Morgan fingerprint density at radius 1 is 0.564 bits per heavy atom. The van der Waals surface area contributed by atoms with Crippen LogP contribution in [0.5, 0.6) is 0 Å². The lowest BCUT2D eigenvalue weighted by Crippen LogP contribution is -2.53. The summed E-state index contributed by atoms with van der Waals surface area (Å²) in [6.45, 7) is 14.1. The van der Waals surface area contributed by atoms with Crippen LogP contribution in [0, 0.1) is 35.5 Å². The number of hydrogen-bond donors (Lipinski definition) is 0. The summed E-state index contributed by atoms with van der Waals surface area (Å²) in [6.07, 6.45) is -0.557. The summed E-state index contributed by atoms with van der Waals surface area (Å²) in [6, 6.07) is -2.29. The van der Waals surface area contributed by atoms with E-state index in [0.29, 0.717) is 0 Å². The second-order valence-electron chi connectivity index (χ2n) is 16.9. The Hall–Kier alpha value is -4.24. The first kappa shape index (κ1) is 45.2. The minimum Gasteiger partial charge on any atom is -0.454 e. The molecule has 1 saturated heterocycles. The summed E-state index contributed by atoms with van der Waals surface area (Å²) in [5.41, 5.74) is -2.87. The molecule has 55 heavy (non-hydrogen) atoms. The summed E-state index contributed by atoms with van der Waals surface area (Å²) in [5, 5.41) is 0. The van der Waals surface area contributed by atoms with Gasteiger partial charge in [-0.25, -0.2) is 19.2 Å². The van der Waals surface area contributed by atoms with E-state index < -0.39 is 96.6 Å². The molecule has 1 aliphatic heterocycles. The van der Waals surface area contributed by atoms with Crippen LogP contribution in [-0.2, 0) is 57.3 Å². The molecule has 0 radical (unpaired) electrons. The van der Waals surface area contributed by atoms with Crippen molar-refractivity contribution < 1.29 is 57.3 Å². The van der Waals surface area contributed by atoms with Gasteiger partial charge in [0.05, 0.1) is 0 Å². The number of esters is 4. The van der Waals surface area contributed by atoms with E-state index in [-0.39, 0.29) is 61.2 Å². The molecule has 3 rings (SSSR count). The lowest BCUT2D eigenvalue weighted by atomic mass is 10.0. The third kappa shape index (κ3) is 9.60. The van der Waals surface area contributed by atoms with Gasteiger partial charge in [-0.1, -0.05) is 55.4 Å². The number of nitrogens with zero attached hydrogens (tertiary/aromatic N) is 4. The first-order valence-electron chi connectivity index (χ1n) is 19.2. The molecule has 7 atom stereocenters. The number of rotatable bonds is 6. The van der Waals surface area contributed by atoms with Crippen molar-refractivity contribution in [3.8, 4) is 0 Å². The van der Waals surface area contributed by atoms with Crippen LogP contribution in [0.3, 0.4) is 0 Å². The molecule has 2 saturated carbocycles. The number of cyclic esters (lactones) is 4. The van der Waals surface area contributed by atoms with Gasteiger partial charge in [-0.2, -0.15) is 0 Å². The van der Waals surface area contributed by atoms with Gasteiger partial charge in [0.1, 0.15) is 23.2 Å². The van der Waals surface area contributed by atoms with E-state index in [1.807, 2.05) is 55.4 Å². The number of hydrogen-bond acceptors (Lipinski definition) is 12. The van der Waals surface area contributed by atoms with Crippen LogP contribution in [0.25, 0.3) is 0 Å². The van der Waals surface area contributed by atoms with E-state index >= 15 is 0 Å². The van der Waals surface area contributed by atoms with E-state index in [9.17, 15) is 38.4 Å². The van der Waals surface area contributed by atoms with Crippen molar-refractivity contribution in [1.82, 2.24) is 19.6 Å². The lowest BCUT2D eigenvalue weighted by Gasteiger charge is -2.33. The van der Waals surface area contributed by atoms with E-state index in [0.717, 1.165) is 9.80 Å². The Bertz CT molecular complexity index is 1510. The Balaban J connectivity index is 2.01. The molecule has 1 unspecified atom stereocenters. The first-order valence-corrected chi connectivity index (χ1v) is 19.2. The zero-order chi connectivity index (χ0) is 41.9. The van der Waals surface area contributed by atoms with Crippen LogP contribution in [-0.4, -0.2) is 144 Å². The van der Waals surface area contributed by atoms with Crippen LogP contribution in [0.1, 0.15) is 88.0 Å². The van der Waals surface area contributed by atoms with Crippen molar-refractivity contribution in [1.29, 1.82) is 0 Å². The van der Waals surface area contributed by atoms with Crippen LogP contribution in [0.4, 0.5) is 0 Å². The summed E-state index contributed by atoms with van der Waals surface area (Å²) >= 11 is 0. The van der Waals surface area contributed by atoms with Gasteiger partial charge >= 0.3 is 23.9 Å². The normalized spacial score (nSPS) is 31.4. The molecule has 0 aromatic carbocycles. The van der Waals surface area contributed by atoms with Crippen molar-refractivity contribution in [2.24, 2.45) is 35.5 Å². The van der Waals surface area contributed by atoms with Crippen molar-refractivity contribution in [2.75, 3.05) is 48.0 Å². The molecule has 16 nitrogen and oxygen atoms in total. The summed E-state index contributed by atoms with van der Waals surface area (Å²) in [4.78, 5) is 113. The number of amides is 4. The SMILES string of the molecule is CC(C)C[C@H]1C(=O)OCC(=O)N(C)[C@@]2(C[C@H]2C(C)C)C(=O)O[C@H](C)C(=O)N(C)[C@@H](CC(C)C)C(=O)OCC(=O)N(C)C2(C[C@H]2C(C)C)C(=O)OCC(=O)N1C. The average molecular weight is 779 g/mol. The second-order valence-corrected chi connectivity index (χ2v) is 16.9. The van der Waals surface area contributed by atoms with Crippen molar-refractivity contribution in [3.05, 3.63) is 0 Å². The molecule has 2 spiro atoms. The monoisotopic (exact) mass is 778 g/mol. The molecule has 4 amide bonds. The molecule has 0 aromatic rings. The van der Waals surface area contributed by atoms with E-state index in [1.165, 1.54) is 44.9 Å². The van der Waals surface area contributed by atoms with Gasteiger partial charge in [-0.15, -0.1) is 0 Å². The van der Waals surface area contributed by atoms with E-state index in [1.54, 1.807) is 0 Å². The fraction of sp³-hybridized carbons (Fsp3) is 0.795. The summed E-state index contributed by atoms with van der Waals surface area (Å²) in [7, 11) is 5.55. The fourth-order valence-electron chi connectivity index (χ4n) is 7.74. The Labute approximate surface area is 324 Å². The maximum Gasteiger partial charge on any atom is 0.333 e. The quantitative estimate of drug-likeness (QED) is 0.283. The zero-order valence-corrected chi connectivity index (χ0v) is 34.8. The van der Waals surface area contributed by atoms with Crippen molar-refractivity contribution in [2.45, 2.75) is 117 Å². The van der Waals surface area contributed by atoms with Gasteiger partial charge in [0, 0.05) is 28.2 Å². The van der Waals surface area contributed by atoms with Gasteiger partial charge < -0.3 is 38.5 Å². The Kier molecular flexibility index (Phi) is 14.5. The molecule has 1 heterocycles. The topological polar surface area (TPSA) is 186 Å². The highest BCUT2D eigenvalue weighted by molar-refractivity contribution is 5.96. The average Bonchev–Trinajstić information content (AvgIpc) is 4.04. The van der Waals surface area contributed by atoms with Crippen molar-refractivity contribution >= 4 is 47.5 Å². The molecule has 16 heteroatoms. The minimum atomic E-state index is -1.44. The van der Waals surface area contributed by atoms with Crippen LogP contribution in [0.2, 0.25) is 0 Å². The number of likely N-dealkylation sites (N-methyl/N-ethyl adjacent to an activating group) is 4. The van der Waals surface area contributed by atoms with Crippen LogP contribution in [0.15, 0.2) is 0 Å². The molecule has 0 aromatic heterocycles. The molecule has 2 aliphatic carbocycles. The molecule has 310 valence electrons. The maximum absolute atomic E-state index is 13.9. The molecule has 3 aliphatic rings. The van der Waals surface area contributed by atoms with Gasteiger partial charge in [0.2, 0.25) is 0 Å². The summed E-state index contributed by atoms with van der Waals surface area (Å²) in [5.74, 6) is -7.12. The smallest absolute Gasteiger partial charge is 0.333 e. The minimum absolute atomic E-state index is 0.0558. The lowest BCUT2D eigenvalue weighted by molar-refractivity contribution is -0.172. The number of carbonyl (C=O) groups is 8. The molecule has 3 fully saturated rings. The molecule has 0 N–H and O–H groups in total. The number of ether oxygens (including phenoxy) is 4. The third-order valence-corrected chi connectivity index (χ3v) is 11.5. The molecular weight excluding hydrogens is 716 g/mol. The summed E-state index contributed by atoms with van der Waals surface area (Å²) < 4.78 is 22.1. The first-order chi connectivity index (χ1) is 25.4. The van der Waals surface area contributed by atoms with Gasteiger partial charge in [-0.3, -0.25) is 19.2 Å². The largest absolute Gasteiger partial charge is 0.454 e. The highest BCUT2D eigenvalue weighted by Crippen LogP contribution is 2.54. The third-order valence-electron chi connectivity index (χ3n) is 11.5. The van der Waals surface area contributed by atoms with Gasteiger partial charge in [0.15, 0.2) is 25.9 Å². The Morgan fingerprint density at radius 3 is 1.33 bits per heavy atom. The van der Waals surface area contributed by atoms with Gasteiger partial charge in [0.25, 0.3) is 23.6 Å². The molecule has 0 bridgehead atoms. The second kappa shape index (κ2) is 17.7. The van der Waals surface area contributed by atoms with E-state index in [2.05, 4.69) is 0 Å². The van der Waals surface area contributed by atoms with E-state index in [4.69, 9.17) is 18.9 Å². The predicted molar refractivity (Wildman–Crippen MR) is 197 cm³/mol. The standard InChI is InChI=1S/C39H62N4O12/c1-21(2)14-28-34(48)52-20-32(46)43(13)39(17-27(39)24(7)8)37(51)55-25(9)33(47)41(11)29(15-22(3)4)35(49)53-19-31(45)42(12)38(16-26(38)23(5)6)36(50)54-18-30(44)40(28)10/h21-29H,14-20H2,1-13H3/t25-,26+,27+,28+,29+,38?,39-/m1/s1. The number of carbonyl (C=O) groups excluding carboxylic acids is 8. The Morgan fingerprint density at radius 2 is 0.945 bits per heavy atom. The van der Waals surface area contributed by atoms with Crippen molar-refractivity contribution in [3.63, 3.8) is 0 Å². The molecular formula is C39H62N4O12. The maximum atomic E-state index is 13.9. The highest BCUT2D eigenvalue weighted by atomic mass is 16.6. The fourth-order valence-corrected chi connectivity index (χ4v) is 7.74.